The summed E-state index contributed by atoms with van der Waals surface area (Å²) in [4.78, 5) is 0. The first-order valence-corrected chi connectivity index (χ1v) is 7.91. The van der Waals surface area contributed by atoms with Crippen LogP contribution in [0.15, 0.2) is 30.3 Å². The van der Waals surface area contributed by atoms with Crippen molar-refractivity contribution in [3.8, 4) is 0 Å². The van der Waals surface area contributed by atoms with Gasteiger partial charge in [-0.3, -0.25) is 0 Å². The van der Waals surface area contributed by atoms with Gasteiger partial charge in [0.2, 0.25) is 0 Å². The quantitative estimate of drug-likeness (QED) is 0.866. The Balaban J connectivity index is 2.07. The van der Waals surface area contributed by atoms with E-state index in [1.807, 2.05) is 30.3 Å². The first kappa shape index (κ1) is 12.6. The smallest absolute Gasteiger partial charge is 0.147 e. The Labute approximate surface area is 102 Å². The molecule has 0 amide bonds. The predicted molar refractivity (Wildman–Crippen MR) is 67.7 cm³/mol. The van der Waals surface area contributed by atoms with Crippen LogP contribution < -0.4 is 0 Å². The summed E-state index contributed by atoms with van der Waals surface area (Å²) < 4.78 is 22.2. The highest BCUT2D eigenvalue weighted by Crippen LogP contribution is 2.51. The third-order valence-electron chi connectivity index (χ3n) is 3.54. The zero-order valence-electron chi connectivity index (χ0n) is 9.96. The van der Waals surface area contributed by atoms with Crippen LogP contribution in [0, 0.1) is 0 Å². The van der Waals surface area contributed by atoms with Gasteiger partial charge in [-0.25, -0.2) is 8.42 Å². The van der Waals surface area contributed by atoms with Crippen molar-refractivity contribution < 1.29 is 13.5 Å². The van der Waals surface area contributed by atoms with Crippen molar-refractivity contribution in [3.05, 3.63) is 35.9 Å². The van der Waals surface area contributed by atoms with Crippen molar-refractivity contribution in [3.63, 3.8) is 0 Å². The molecule has 0 heterocycles. The lowest BCUT2D eigenvalue weighted by Crippen LogP contribution is -2.28. The Bertz CT molecular complexity index is 475. The fourth-order valence-electron chi connectivity index (χ4n) is 2.32. The second kappa shape index (κ2) is 4.42. The van der Waals surface area contributed by atoms with Crippen molar-refractivity contribution in [2.45, 2.75) is 30.8 Å². The van der Waals surface area contributed by atoms with Crippen LogP contribution >= 0.6 is 0 Å². The highest BCUT2D eigenvalue weighted by atomic mass is 32.2. The standard InChI is InChI=1S/C13H18O3S/c1-17(15,16)10-7-12(14)13(8-9-13)11-5-3-2-4-6-11/h2-6,12,14H,7-10H2,1H3. The molecule has 1 N–H and O–H groups in total. The maximum Gasteiger partial charge on any atom is 0.147 e. The molecular weight excluding hydrogens is 236 g/mol. The molecule has 1 aliphatic rings. The third-order valence-corrected chi connectivity index (χ3v) is 4.51. The predicted octanol–water partition coefficient (Wildman–Crippen LogP) is 1.51. The number of rotatable bonds is 5. The van der Waals surface area contributed by atoms with Crippen molar-refractivity contribution in [2.24, 2.45) is 0 Å². The molecule has 1 fully saturated rings. The average Bonchev–Trinajstić information content (AvgIpc) is 3.07. The van der Waals surface area contributed by atoms with Gasteiger partial charge in [0, 0.05) is 11.7 Å². The summed E-state index contributed by atoms with van der Waals surface area (Å²) in [5, 5.41) is 10.2. The van der Waals surface area contributed by atoms with E-state index in [9.17, 15) is 13.5 Å². The van der Waals surface area contributed by atoms with Crippen LogP contribution in [0.3, 0.4) is 0 Å². The minimum absolute atomic E-state index is 0.0583. The van der Waals surface area contributed by atoms with Gasteiger partial charge in [0.15, 0.2) is 0 Å². The molecule has 1 aromatic rings. The molecular formula is C13H18O3S. The van der Waals surface area contributed by atoms with Crippen molar-refractivity contribution in [1.29, 1.82) is 0 Å². The molecule has 0 aromatic heterocycles. The van der Waals surface area contributed by atoms with Crippen LogP contribution in [0.2, 0.25) is 0 Å². The molecule has 4 heteroatoms. The van der Waals surface area contributed by atoms with E-state index in [4.69, 9.17) is 0 Å². The second-order valence-electron chi connectivity index (χ2n) is 4.96. The van der Waals surface area contributed by atoms with Crippen molar-refractivity contribution >= 4 is 9.84 Å². The minimum Gasteiger partial charge on any atom is -0.392 e. The largest absolute Gasteiger partial charge is 0.392 e. The fraction of sp³-hybridized carbons (Fsp3) is 0.538. The summed E-state index contributed by atoms with van der Waals surface area (Å²) in [6.07, 6.45) is 2.87. The number of benzene rings is 1. The lowest BCUT2D eigenvalue weighted by molar-refractivity contribution is 0.128. The molecule has 17 heavy (non-hydrogen) atoms. The summed E-state index contributed by atoms with van der Waals surface area (Å²) in [7, 11) is -2.99. The van der Waals surface area contributed by atoms with E-state index < -0.39 is 15.9 Å². The Morgan fingerprint density at radius 3 is 2.35 bits per heavy atom. The SMILES string of the molecule is CS(=O)(=O)CCC(O)C1(c2ccccc2)CC1. The van der Waals surface area contributed by atoms with Gasteiger partial charge in [-0.05, 0) is 24.8 Å². The number of hydrogen-bond donors (Lipinski definition) is 1. The first-order valence-electron chi connectivity index (χ1n) is 5.85. The Kier molecular flexibility index (Phi) is 3.27. The topological polar surface area (TPSA) is 54.4 Å². The molecule has 0 spiro atoms. The minimum atomic E-state index is -2.99. The highest BCUT2D eigenvalue weighted by Gasteiger charge is 2.49. The Morgan fingerprint density at radius 2 is 1.88 bits per heavy atom. The number of aliphatic hydroxyl groups is 1. The zero-order chi connectivity index (χ0) is 12.5. The summed E-state index contributed by atoms with van der Waals surface area (Å²) in [5.74, 6) is 0.0583. The zero-order valence-corrected chi connectivity index (χ0v) is 10.8. The van der Waals surface area contributed by atoms with Gasteiger partial charge in [0.1, 0.15) is 9.84 Å². The molecule has 1 aromatic carbocycles. The molecule has 0 saturated heterocycles. The average molecular weight is 254 g/mol. The van der Waals surface area contributed by atoms with Gasteiger partial charge >= 0.3 is 0 Å². The van der Waals surface area contributed by atoms with Gasteiger partial charge in [-0.15, -0.1) is 0 Å². The first-order chi connectivity index (χ1) is 7.94. The molecule has 94 valence electrons. The maximum absolute atomic E-state index is 11.1. The number of sulfone groups is 1. The maximum atomic E-state index is 11.1. The molecule has 0 radical (unpaired) electrons. The molecule has 2 rings (SSSR count). The van der Waals surface area contributed by atoms with Crippen LogP contribution in [-0.4, -0.2) is 31.6 Å². The molecule has 1 unspecified atom stereocenters. The monoisotopic (exact) mass is 254 g/mol. The summed E-state index contributed by atoms with van der Waals surface area (Å²) in [6, 6.07) is 9.88. The molecule has 1 saturated carbocycles. The van der Waals surface area contributed by atoms with Crippen LogP contribution in [0.4, 0.5) is 0 Å². The van der Waals surface area contributed by atoms with Crippen molar-refractivity contribution in [2.75, 3.05) is 12.0 Å². The van der Waals surface area contributed by atoms with Gasteiger partial charge in [-0.1, -0.05) is 30.3 Å². The Morgan fingerprint density at radius 1 is 1.29 bits per heavy atom. The van der Waals surface area contributed by atoms with Gasteiger partial charge in [0.05, 0.1) is 11.9 Å². The lowest BCUT2D eigenvalue weighted by atomic mass is 9.89. The third kappa shape index (κ3) is 2.87. The number of aliphatic hydroxyl groups excluding tert-OH is 1. The summed E-state index contributed by atoms with van der Waals surface area (Å²) in [6.45, 7) is 0. The van der Waals surface area contributed by atoms with Crippen LogP contribution in [0.5, 0.6) is 0 Å². The van der Waals surface area contributed by atoms with Gasteiger partial charge in [-0.2, -0.15) is 0 Å². The van der Waals surface area contributed by atoms with E-state index in [2.05, 4.69) is 0 Å². The van der Waals surface area contributed by atoms with E-state index in [1.165, 1.54) is 6.26 Å². The van der Waals surface area contributed by atoms with E-state index in [1.54, 1.807) is 0 Å². The van der Waals surface area contributed by atoms with Gasteiger partial charge < -0.3 is 5.11 Å². The van der Waals surface area contributed by atoms with Crippen molar-refractivity contribution in [1.82, 2.24) is 0 Å². The molecule has 0 bridgehead atoms. The summed E-state index contributed by atoms with van der Waals surface area (Å²) >= 11 is 0. The van der Waals surface area contributed by atoms with E-state index in [0.717, 1.165) is 18.4 Å². The van der Waals surface area contributed by atoms with Crippen LogP contribution in [-0.2, 0) is 15.3 Å². The normalized spacial score (nSPS) is 19.9. The van der Waals surface area contributed by atoms with Crippen LogP contribution in [0.1, 0.15) is 24.8 Å². The van der Waals surface area contributed by atoms with E-state index >= 15 is 0 Å². The second-order valence-corrected chi connectivity index (χ2v) is 7.22. The van der Waals surface area contributed by atoms with Crippen LogP contribution in [0.25, 0.3) is 0 Å². The highest BCUT2D eigenvalue weighted by molar-refractivity contribution is 7.90. The van der Waals surface area contributed by atoms with E-state index in [-0.39, 0.29) is 11.2 Å². The fourth-order valence-corrected chi connectivity index (χ4v) is 2.97. The Hall–Kier alpha value is -0.870. The lowest BCUT2D eigenvalue weighted by Gasteiger charge is -2.22. The van der Waals surface area contributed by atoms with E-state index in [0.29, 0.717) is 6.42 Å². The summed E-state index contributed by atoms with van der Waals surface area (Å²) in [5.41, 5.74) is 0.937. The number of hydrogen-bond acceptors (Lipinski definition) is 3. The van der Waals surface area contributed by atoms with Gasteiger partial charge in [0.25, 0.3) is 0 Å². The molecule has 0 aliphatic heterocycles. The molecule has 1 aliphatic carbocycles. The molecule has 1 atom stereocenters. The molecule has 3 nitrogen and oxygen atoms in total.